The summed E-state index contributed by atoms with van der Waals surface area (Å²) in [5.41, 5.74) is 9.30. The highest BCUT2D eigenvalue weighted by Crippen LogP contribution is 2.50. The molecule has 1 fully saturated rings. The van der Waals surface area contributed by atoms with Crippen molar-refractivity contribution >= 4 is 28.2 Å². The van der Waals surface area contributed by atoms with Crippen LogP contribution in [-0.4, -0.2) is 24.3 Å². The summed E-state index contributed by atoms with van der Waals surface area (Å²) in [6, 6.07) is 6.30. The average molecular weight is 467 g/mol. The van der Waals surface area contributed by atoms with E-state index in [-0.39, 0.29) is 35.1 Å². The molecule has 1 atom stereocenters. The minimum absolute atomic E-state index is 0.0509. The molecule has 7 heteroatoms. The number of nitrogens with zero attached hydrogens (tertiary/aromatic N) is 1. The first-order valence-electron chi connectivity index (χ1n) is 11.6. The lowest BCUT2D eigenvalue weighted by molar-refractivity contribution is 0.0524. The predicted octanol–water partition coefficient (Wildman–Crippen LogP) is 5.32. The molecule has 2 aliphatic carbocycles. The second-order valence-electron chi connectivity index (χ2n) is 9.69. The number of carbonyl (C=O) groups excluding carboxylic acids is 1. The maximum Gasteiger partial charge on any atom is 0.343 e. The first-order chi connectivity index (χ1) is 15.8. The van der Waals surface area contributed by atoms with Crippen LogP contribution in [0.15, 0.2) is 29.2 Å². The van der Waals surface area contributed by atoms with E-state index in [2.05, 4.69) is 19.9 Å². The first kappa shape index (κ1) is 22.2. The summed E-state index contributed by atoms with van der Waals surface area (Å²) in [5, 5.41) is 0.478. The lowest BCUT2D eigenvalue weighted by atomic mass is 9.74. The minimum atomic E-state index is -0.580. The Morgan fingerprint density at radius 3 is 2.67 bits per heavy atom. The Labute approximate surface area is 197 Å². The number of benzene rings is 1. The molecule has 0 aliphatic heterocycles. The number of ether oxygens (including phenoxy) is 2. The molecule has 5 rings (SSSR count). The summed E-state index contributed by atoms with van der Waals surface area (Å²) in [6.45, 7) is 6.51. The molecule has 6 nitrogen and oxygen atoms in total. The van der Waals surface area contributed by atoms with Gasteiger partial charge in [-0.1, -0.05) is 13.8 Å². The third-order valence-electron chi connectivity index (χ3n) is 6.96. The smallest absolute Gasteiger partial charge is 0.343 e. The van der Waals surface area contributed by atoms with E-state index in [9.17, 15) is 9.59 Å². The quantitative estimate of drug-likeness (QED) is 0.515. The monoisotopic (exact) mass is 466 g/mol. The second kappa shape index (κ2) is 7.99. The minimum Gasteiger partial charge on any atom is -0.494 e. The average Bonchev–Trinajstić information content (AvgIpc) is 3.52. The Kier molecular flexibility index (Phi) is 5.37. The first-order valence-corrected chi connectivity index (χ1v) is 12.4. The normalized spacial score (nSPS) is 19.4. The highest BCUT2D eigenvalue weighted by atomic mass is 32.1. The number of aromatic nitrogens is 1. The number of carbonyl (C=O) groups is 1. The third-order valence-corrected chi connectivity index (χ3v) is 8.26. The molecular weight excluding hydrogens is 436 g/mol. The summed E-state index contributed by atoms with van der Waals surface area (Å²) < 4.78 is 13.1. The van der Waals surface area contributed by atoms with Crippen LogP contribution in [0.1, 0.15) is 79.3 Å². The number of rotatable bonds is 5. The molecule has 0 saturated heterocycles. The van der Waals surface area contributed by atoms with Crippen molar-refractivity contribution in [2.45, 2.75) is 64.0 Å². The predicted molar refractivity (Wildman–Crippen MR) is 131 cm³/mol. The molecule has 2 aliphatic rings. The van der Waals surface area contributed by atoms with Gasteiger partial charge in [-0.05, 0) is 61.8 Å². The van der Waals surface area contributed by atoms with Crippen LogP contribution in [-0.2, 0) is 10.2 Å². The molecule has 1 aromatic carbocycles. The summed E-state index contributed by atoms with van der Waals surface area (Å²) in [5.74, 6) is 0.0841. The maximum atomic E-state index is 13.3. The van der Waals surface area contributed by atoms with Gasteiger partial charge in [-0.2, -0.15) is 0 Å². The molecule has 2 N–H and O–H groups in total. The summed E-state index contributed by atoms with van der Waals surface area (Å²) in [7, 11) is 1.64. The fourth-order valence-corrected chi connectivity index (χ4v) is 6.34. The van der Waals surface area contributed by atoms with Gasteiger partial charge in [0.2, 0.25) is 5.43 Å². The van der Waals surface area contributed by atoms with Crippen LogP contribution in [0.25, 0.3) is 21.3 Å². The largest absolute Gasteiger partial charge is 0.494 e. The highest BCUT2D eigenvalue weighted by Gasteiger charge is 2.34. The van der Waals surface area contributed by atoms with E-state index in [1.807, 2.05) is 16.7 Å². The van der Waals surface area contributed by atoms with Crippen LogP contribution in [0, 0.1) is 0 Å². The van der Waals surface area contributed by atoms with Gasteiger partial charge < -0.3 is 19.8 Å². The SMILES string of the molecule is CCOC(=O)c1cn(C2CC2)c2c(OC)c(-c3cc4c(s3)C(N)CCC4(C)C)ccc2c1=O. The molecule has 1 saturated carbocycles. The van der Waals surface area contributed by atoms with Crippen LogP contribution < -0.4 is 15.9 Å². The zero-order valence-electron chi connectivity index (χ0n) is 19.6. The number of fused-ring (bicyclic) bond motifs is 2. The van der Waals surface area contributed by atoms with E-state index in [0.29, 0.717) is 11.1 Å². The molecule has 3 aromatic rings. The summed E-state index contributed by atoms with van der Waals surface area (Å²) >= 11 is 1.72. The molecule has 33 heavy (non-hydrogen) atoms. The Balaban J connectivity index is 1.75. The van der Waals surface area contributed by atoms with Crippen molar-refractivity contribution in [3.05, 3.63) is 50.6 Å². The van der Waals surface area contributed by atoms with Crippen molar-refractivity contribution in [2.24, 2.45) is 5.73 Å². The van der Waals surface area contributed by atoms with Gasteiger partial charge in [0.1, 0.15) is 5.56 Å². The number of pyridine rings is 1. The molecule has 2 aromatic heterocycles. The molecule has 0 radical (unpaired) electrons. The van der Waals surface area contributed by atoms with E-state index in [1.165, 1.54) is 10.4 Å². The van der Waals surface area contributed by atoms with Crippen LogP contribution in [0.4, 0.5) is 0 Å². The van der Waals surface area contributed by atoms with Gasteiger partial charge >= 0.3 is 5.97 Å². The second-order valence-corrected chi connectivity index (χ2v) is 10.8. The Morgan fingerprint density at radius 1 is 1.27 bits per heavy atom. The fourth-order valence-electron chi connectivity index (χ4n) is 4.94. The molecular formula is C26H30N2O4S. The fraction of sp³-hybridized carbons (Fsp3) is 0.462. The Hall–Kier alpha value is -2.64. The van der Waals surface area contributed by atoms with Crippen molar-refractivity contribution in [2.75, 3.05) is 13.7 Å². The Morgan fingerprint density at radius 2 is 2.03 bits per heavy atom. The van der Waals surface area contributed by atoms with Gasteiger partial charge in [-0.25, -0.2) is 4.79 Å². The third kappa shape index (κ3) is 3.58. The van der Waals surface area contributed by atoms with Crippen molar-refractivity contribution in [1.29, 1.82) is 0 Å². The number of thiophene rings is 1. The lowest BCUT2D eigenvalue weighted by Gasteiger charge is -2.32. The van der Waals surface area contributed by atoms with Crippen LogP contribution >= 0.6 is 11.3 Å². The number of hydrogen-bond acceptors (Lipinski definition) is 6. The number of methoxy groups -OCH3 is 1. The van der Waals surface area contributed by atoms with Crippen molar-refractivity contribution < 1.29 is 14.3 Å². The van der Waals surface area contributed by atoms with E-state index in [1.54, 1.807) is 31.6 Å². The van der Waals surface area contributed by atoms with E-state index >= 15 is 0 Å². The standard InChI is InChI=1S/C26H30N2O4S/c1-5-32-25(30)17-13-28(14-6-7-14)21-16(22(17)29)9-8-15(23(21)31-4)20-12-18-24(33-20)19(27)10-11-26(18,2)3/h8-9,12-14,19H,5-7,10-11,27H2,1-4H3. The Bertz CT molecular complexity index is 1320. The summed E-state index contributed by atoms with van der Waals surface area (Å²) in [6.07, 6.45) is 5.70. The number of hydrogen-bond donors (Lipinski definition) is 1. The van der Waals surface area contributed by atoms with E-state index < -0.39 is 5.97 Å². The van der Waals surface area contributed by atoms with Crippen LogP contribution in [0.5, 0.6) is 5.75 Å². The van der Waals surface area contributed by atoms with Crippen molar-refractivity contribution in [1.82, 2.24) is 4.57 Å². The number of esters is 1. The van der Waals surface area contributed by atoms with Crippen LogP contribution in [0.3, 0.4) is 0 Å². The van der Waals surface area contributed by atoms with Gasteiger partial charge in [0, 0.05) is 33.6 Å². The summed E-state index contributed by atoms with van der Waals surface area (Å²) in [4.78, 5) is 28.1. The molecule has 1 unspecified atom stereocenters. The highest BCUT2D eigenvalue weighted by molar-refractivity contribution is 7.15. The van der Waals surface area contributed by atoms with Gasteiger partial charge in [0.25, 0.3) is 0 Å². The molecule has 0 amide bonds. The van der Waals surface area contributed by atoms with Crippen molar-refractivity contribution in [3.8, 4) is 16.2 Å². The maximum absolute atomic E-state index is 13.3. The zero-order chi connectivity index (χ0) is 23.5. The topological polar surface area (TPSA) is 83.6 Å². The van der Waals surface area contributed by atoms with E-state index in [4.69, 9.17) is 15.2 Å². The molecule has 0 spiro atoms. The molecule has 174 valence electrons. The van der Waals surface area contributed by atoms with E-state index in [0.717, 1.165) is 41.6 Å². The van der Waals surface area contributed by atoms with Gasteiger partial charge in [0.15, 0.2) is 5.75 Å². The molecule has 2 heterocycles. The number of nitrogens with two attached hydrogens (primary N) is 1. The lowest BCUT2D eigenvalue weighted by Crippen LogP contribution is -2.27. The van der Waals surface area contributed by atoms with Gasteiger partial charge in [-0.3, -0.25) is 4.79 Å². The van der Waals surface area contributed by atoms with Crippen molar-refractivity contribution in [3.63, 3.8) is 0 Å². The van der Waals surface area contributed by atoms with Crippen LogP contribution in [0.2, 0.25) is 0 Å². The van der Waals surface area contributed by atoms with Gasteiger partial charge in [0.05, 0.1) is 24.6 Å². The molecule has 0 bridgehead atoms. The van der Waals surface area contributed by atoms with Gasteiger partial charge in [-0.15, -0.1) is 11.3 Å². The zero-order valence-corrected chi connectivity index (χ0v) is 20.4.